The molecule has 0 aliphatic carbocycles. The number of nitrogens with two attached hydrogens (primary N) is 1. The minimum absolute atomic E-state index is 0.0659. The zero-order chi connectivity index (χ0) is 12.8. The number of ether oxygens (including phenoxy) is 1. The van der Waals surface area contributed by atoms with Crippen LogP contribution in [0, 0.1) is 0 Å². The number of amides is 2. The van der Waals surface area contributed by atoms with Crippen molar-refractivity contribution in [1.82, 2.24) is 15.2 Å². The Morgan fingerprint density at radius 1 is 1.35 bits per heavy atom. The first kappa shape index (κ1) is 13.9. The lowest BCUT2D eigenvalue weighted by Gasteiger charge is -2.37. The smallest absolute Gasteiger partial charge is 0.253 e. The molecule has 1 fully saturated rings. The normalized spacial score (nSPS) is 18.9. The van der Waals surface area contributed by atoms with Gasteiger partial charge in [0.05, 0.1) is 6.61 Å². The quantitative estimate of drug-likeness (QED) is 0.344. The van der Waals surface area contributed by atoms with Crippen LogP contribution in [-0.4, -0.2) is 67.6 Å². The van der Waals surface area contributed by atoms with Crippen LogP contribution in [0.1, 0.15) is 6.92 Å². The fourth-order valence-electron chi connectivity index (χ4n) is 1.95. The molecule has 98 valence electrons. The number of hydrogen-bond donors (Lipinski definition) is 2. The van der Waals surface area contributed by atoms with E-state index in [4.69, 9.17) is 10.6 Å². The van der Waals surface area contributed by atoms with Crippen molar-refractivity contribution in [2.24, 2.45) is 5.84 Å². The van der Waals surface area contributed by atoms with Gasteiger partial charge in [-0.15, -0.1) is 0 Å². The van der Waals surface area contributed by atoms with Crippen LogP contribution in [0.15, 0.2) is 0 Å². The second-order valence-corrected chi connectivity index (χ2v) is 4.02. The highest BCUT2D eigenvalue weighted by molar-refractivity contribution is 5.81. The second-order valence-electron chi connectivity index (χ2n) is 4.02. The summed E-state index contributed by atoms with van der Waals surface area (Å²) < 4.78 is 5.02. The molecule has 7 nitrogen and oxygen atoms in total. The minimum atomic E-state index is -0.390. The molecule has 0 aromatic carbocycles. The molecule has 1 aliphatic heterocycles. The maximum atomic E-state index is 11.6. The van der Waals surface area contributed by atoms with Gasteiger partial charge < -0.3 is 9.64 Å². The molecule has 0 radical (unpaired) electrons. The predicted octanol–water partition coefficient (Wildman–Crippen LogP) is -1.84. The Balaban J connectivity index is 2.54. The van der Waals surface area contributed by atoms with Crippen LogP contribution in [0.4, 0.5) is 0 Å². The summed E-state index contributed by atoms with van der Waals surface area (Å²) in [6, 6.07) is -0.390. The van der Waals surface area contributed by atoms with E-state index >= 15 is 0 Å². The summed E-state index contributed by atoms with van der Waals surface area (Å²) >= 11 is 0. The summed E-state index contributed by atoms with van der Waals surface area (Å²) in [6.07, 6.45) is 0. The van der Waals surface area contributed by atoms with Crippen molar-refractivity contribution in [3.63, 3.8) is 0 Å². The third kappa shape index (κ3) is 3.65. The summed E-state index contributed by atoms with van der Waals surface area (Å²) in [6.45, 7) is 4.42. The highest BCUT2D eigenvalue weighted by atomic mass is 16.5. The number of hydrogen-bond acceptors (Lipinski definition) is 5. The number of piperazine rings is 1. The maximum absolute atomic E-state index is 11.6. The zero-order valence-corrected chi connectivity index (χ0v) is 10.3. The first-order valence-corrected chi connectivity index (χ1v) is 5.59. The number of methoxy groups -OCH3 is 1. The Kier molecular flexibility index (Phi) is 5.33. The molecule has 0 bridgehead atoms. The third-order valence-corrected chi connectivity index (χ3v) is 2.97. The summed E-state index contributed by atoms with van der Waals surface area (Å²) in [7, 11) is 1.54. The van der Waals surface area contributed by atoms with Crippen LogP contribution >= 0.6 is 0 Å². The summed E-state index contributed by atoms with van der Waals surface area (Å²) in [5, 5.41) is 0. The van der Waals surface area contributed by atoms with Crippen molar-refractivity contribution in [2.45, 2.75) is 13.0 Å². The number of nitrogens with zero attached hydrogens (tertiary/aromatic N) is 2. The number of rotatable bonds is 4. The van der Waals surface area contributed by atoms with Gasteiger partial charge >= 0.3 is 0 Å². The maximum Gasteiger partial charge on any atom is 0.253 e. The molecule has 1 heterocycles. The van der Waals surface area contributed by atoms with Crippen molar-refractivity contribution in [1.29, 1.82) is 0 Å². The van der Waals surface area contributed by atoms with E-state index in [0.29, 0.717) is 32.8 Å². The molecule has 1 atom stereocenters. The summed E-state index contributed by atoms with van der Waals surface area (Å²) in [5.74, 6) is 4.94. The Morgan fingerprint density at radius 3 is 2.35 bits per heavy atom. The van der Waals surface area contributed by atoms with Gasteiger partial charge in [-0.2, -0.15) is 0 Å². The monoisotopic (exact) mass is 244 g/mol. The Morgan fingerprint density at radius 2 is 1.94 bits per heavy atom. The number of carbonyl (C=O) groups excluding carboxylic acids is 2. The molecular weight excluding hydrogens is 224 g/mol. The van der Waals surface area contributed by atoms with Crippen molar-refractivity contribution in [3.8, 4) is 0 Å². The van der Waals surface area contributed by atoms with Crippen LogP contribution in [0.5, 0.6) is 0 Å². The molecule has 0 spiro atoms. The highest BCUT2D eigenvalue weighted by Crippen LogP contribution is 2.07. The highest BCUT2D eigenvalue weighted by Gasteiger charge is 2.29. The van der Waals surface area contributed by atoms with E-state index in [9.17, 15) is 9.59 Å². The van der Waals surface area contributed by atoms with E-state index in [1.165, 1.54) is 0 Å². The molecule has 7 heteroatoms. The van der Waals surface area contributed by atoms with Crippen LogP contribution < -0.4 is 11.3 Å². The van der Waals surface area contributed by atoms with Gasteiger partial charge in [0, 0.05) is 40.2 Å². The lowest BCUT2D eigenvalue weighted by Crippen LogP contribution is -2.57. The topological polar surface area (TPSA) is 87.9 Å². The van der Waals surface area contributed by atoms with Crippen LogP contribution in [-0.2, 0) is 14.3 Å². The fourth-order valence-corrected chi connectivity index (χ4v) is 1.95. The number of nitrogens with one attached hydrogen (secondary N) is 1. The van der Waals surface area contributed by atoms with Gasteiger partial charge in [0.15, 0.2) is 0 Å². The van der Waals surface area contributed by atoms with E-state index in [1.54, 1.807) is 18.9 Å². The average Bonchev–Trinajstić information content (AvgIpc) is 2.35. The molecule has 0 aromatic heterocycles. The van der Waals surface area contributed by atoms with Crippen molar-refractivity contribution in [3.05, 3.63) is 0 Å². The van der Waals surface area contributed by atoms with Crippen LogP contribution in [0.3, 0.4) is 0 Å². The fraction of sp³-hybridized carbons (Fsp3) is 0.800. The lowest BCUT2D eigenvalue weighted by atomic mass is 10.2. The van der Waals surface area contributed by atoms with Gasteiger partial charge in [0.1, 0.15) is 6.04 Å². The summed E-state index contributed by atoms with van der Waals surface area (Å²) in [5.41, 5.74) is 2.14. The SMILES string of the molecule is COCC(C(=O)NN)N1CCN(C(C)=O)CC1. The van der Waals surface area contributed by atoms with Crippen molar-refractivity contribution < 1.29 is 14.3 Å². The second kappa shape index (κ2) is 6.53. The standard InChI is InChI=1S/C10H20N4O3/c1-8(15)13-3-5-14(6-4-13)9(7-17-2)10(16)12-11/h9H,3-7,11H2,1-2H3,(H,12,16). The molecule has 3 N–H and O–H groups in total. The molecule has 17 heavy (non-hydrogen) atoms. The van der Waals surface area contributed by atoms with E-state index in [2.05, 4.69) is 5.43 Å². The van der Waals surface area contributed by atoms with Gasteiger partial charge in [-0.25, -0.2) is 5.84 Å². The van der Waals surface area contributed by atoms with Crippen molar-refractivity contribution in [2.75, 3.05) is 39.9 Å². The van der Waals surface area contributed by atoms with Crippen LogP contribution in [0.25, 0.3) is 0 Å². The summed E-state index contributed by atoms with van der Waals surface area (Å²) in [4.78, 5) is 26.5. The Bertz CT molecular complexity index is 277. The minimum Gasteiger partial charge on any atom is -0.383 e. The zero-order valence-electron chi connectivity index (χ0n) is 10.3. The molecule has 1 unspecified atom stereocenters. The predicted molar refractivity (Wildman–Crippen MR) is 61.8 cm³/mol. The molecule has 1 rings (SSSR count). The largest absolute Gasteiger partial charge is 0.383 e. The van der Waals surface area contributed by atoms with Gasteiger partial charge in [0.2, 0.25) is 5.91 Å². The van der Waals surface area contributed by atoms with Crippen molar-refractivity contribution >= 4 is 11.8 Å². The molecule has 0 saturated carbocycles. The first-order valence-electron chi connectivity index (χ1n) is 5.59. The first-order chi connectivity index (χ1) is 8.10. The molecular formula is C10H20N4O3. The lowest BCUT2D eigenvalue weighted by molar-refractivity contribution is -0.133. The van der Waals surface area contributed by atoms with Gasteiger partial charge in [-0.3, -0.25) is 19.9 Å². The third-order valence-electron chi connectivity index (χ3n) is 2.97. The van der Waals surface area contributed by atoms with E-state index < -0.39 is 0 Å². The van der Waals surface area contributed by atoms with Gasteiger partial charge in [0.25, 0.3) is 5.91 Å². The molecule has 0 aromatic rings. The molecule has 2 amide bonds. The Hall–Kier alpha value is -1.18. The molecule has 1 saturated heterocycles. The van der Waals surface area contributed by atoms with E-state index in [0.717, 1.165) is 0 Å². The Labute approximate surface area is 101 Å². The van der Waals surface area contributed by atoms with Gasteiger partial charge in [-0.05, 0) is 0 Å². The van der Waals surface area contributed by atoms with E-state index in [1.807, 2.05) is 4.90 Å². The molecule has 1 aliphatic rings. The average molecular weight is 244 g/mol. The van der Waals surface area contributed by atoms with Crippen LogP contribution in [0.2, 0.25) is 0 Å². The number of hydrazine groups is 1. The van der Waals surface area contributed by atoms with Gasteiger partial charge in [-0.1, -0.05) is 0 Å². The van der Waals surface area contributed by atoms with E-state index in [-0.39, 0.29) is 17.9 Å². The number of carbonyl (C=O) groups is 2.